The molecule has 7 nitrogen and oxygen atoms in total. The van der Waals surface area contributed by atoms with E-state index in [0.717, 1.165) is 25.2 Å². The maximum absolute atomic E-state index is 12.1. The second-order valence-electron chi connectivity index (χ2n) is 8.65. The Morgan fingerprint density at radius 2 is 1.46 bits per heavy atom. The topological polar surface area (TPSA) is 94.5 Å². The van der Waals surface area contributed by atoms with Gasteiger partial charge in [0.05, 0.1) is 5.57 Å². The fourth-order valence-electron chi connectivity index (χ4n) is 3.89. The molecule has 0 saturated carbocycles. The van der Waals surface area contributed by atoms with Crippen LogP contribution in [0.4, 0.5) is 0 Å². The van der Waals surface area contributed by atoms with Gasteiger partial charge in [-0.05, 0) is 24.2 Å². The van der Waals surface area contributed by atoms with Crippen molar-refractivity contribution < 1.29 is 33.1 Å². The number of phosphoric acid groups is 1. The second-order valence-corrected chi connectivity index (χ2v) is 10.1. The zero-order valence-corrected chi connectivity index (χ0v) is 18.2. The first-order valence-corrected chi connectivity index (χ1v) is 11.9. The number of rotatable bonds is 11. The van der Waals surface area contributed by atoms with Gasteiger partial charge in [0, 0.05) is 0 Å². The molecule has 160 valence electrons. The van der Waals surface area contributed by atoms with Gasteiger partial charge in [0.2, 0.25) is 0 Å². The predicted molar refractivity (Wildman–Crippen MR) is 103 cm³/mol. The molecular weight excluding hydrogens is 383 g/mol. The van der Waals surface area contributed by atoms with Gasteiger partial charge in [-0.25, -0.2) is 0 Å². The van der Waals surface area contributed by atoms with Gasteiger partial charge in [-0.2, -0.15) is 4.57 Å². The molecule has 0 aromatic heterocycles. The fourth-order valence-corrected chi connectivity index (χ4v) is 5.12. The quantitative estimate of drug-likeness (QED) is 0.348. The lowest BCUT2D eigenvalue weighted by molar-refractivity contribution is -0.311. The number of fused-ring (bicyclic) bond motifs is 1. The Hall–Kier alpha value is -1.17. The molecule has 3 aliphatic heterocycles. The third-order valence-corrected chi connectivity index (χ3v) is 7.13. The summed E-state index contributed by atoms with van der Waals surface area (Å²) in [6.07, 6.45) is 8.63. The Kier molecular flexibility index (Phi) is 6.38. The Labute approximate surface area is 167 Å². The largest absolute Gasteiger partial charge is 0.650 e. The molecule has 1 fully saturated rings. The SMILES string of the molecule is CCC(C)CCCC(C)CCCC(C)CC1=C2OP3(=O)OC(=C2O3)OC1(O)O. The molecule has 8 heteroatoms. The predicted octanol–water partition coefficient (Wildman–Crippen LogP) is 5.31. The minimum Gasteiger partial charge on any atom is -0.401 e. The van der Waals surface area contributed by atoms with Gasteiger partial charge in [0.15, 0.2) is 5.76 Å². The molecule has 1 saturated heterocycles. The van der Waals surface area contributed by atoms with Gasteiger partial charge in [-0.15, -0.1) is 0 Å². The molecule has 0 aromatic rings. The van der Waals surface area contributed by atoms with E-state index in [1.807, 2.05) is 6.92 Å². The van der Waals surface area contributed by atoms with E-state index < -0.39 is 13.8 Å². The summed E-state index contributed by atoms with van der Waals surface area (Å²) in [4.78, 5) is 0. The summed E-state index contributed by atoms with van der Waals surface area (Å²) in [7, 11) is -3.73. The molecule has 0 amide bonds. The van der Waals surface area contributed by atoms with Gasteiger partial charge in [0.25, 0.3) is 5.76 Å². The van der Waals surface area contributed by atoms with Crippen LogP contribution in [0.1, 0.15) is 79.1 Å². The minimum absolute atomic E-state index is 0.0687. The zero-order valence-electron chi connectivity index (χ0n) is 17.3. The number of hydrogen-bond acceptors (Lipinski definition) is 7. The Morgan fingerprint density at radius 1 is 0.893 bits per heavy atom. The normalized spacial score (nSPS) is 27.6. The maximum atomic E-state index is 12.1. The second kappa shape index (κ2) is 8.29. The first-order valence-electron chi connectivity index (χ1n) is 10.4. The number of phosphoric ester groups is 1. The molecule has 4 unspecified atom stereocenters. The van der Waals surface area contributed by atoms with E-state index in [-0.39, 0.29) is 29.0 Å². The van der Waals surface area contributed by atoms with Crippen molar-refractivity contribution in [3.8, 4) is 0 Å². The van der Waals surface area contributed by atoms with E-state index >= 15 is 0 Å². The van der Waals surface area contributed by atoms with E-state index in [0.29, 0.717) is 12.3 Å². The minimum atomic E-state index is -3.73. The maximum Gasteiger partial charge on any atom is 0.650 e. The summed E-state index contributed by atoms with van der Waals surface area (Å²) >= 11 is 0. The van der Waals surface area contributed by atoms with E-state index in [9.17, 15) is 14.8 Å². The van der Waals surface area contributed by atoms with Crippen molar-refractivity contribution in [2.45, 2.75) is 85.0 Å². The Balaban J connectivity index is 1.47. The third-order valence-electron chi connectivity index (χ3n) is 5.93. The molecule has 0 aromatic carbocycles. The van der Waals surface area contributed by atoms with Gasteiger partial charge in [-0.3, -0.25) is 0 Å². The van der Waals surface area contributed by atoms with Crippen molar-refractivity contribution in [1.82, 2.24) is 0 Å². The summed E-state index contributed by atoms with van der Waals surface area (Å²) in [5.74, 6) is -0.967. The van der Waals surface area contributed by atoms with Crippen LogP contribution in [0.2, 0.25) is 0 Å². The first kappa shape index (κ1) is 21.5. The van der Waals surface area contributed by atoms with Crippen LogP contribution in [0.5, 0.6) is 0 Å². The summed E-state index contributed by atoms with van der Waals surface area (Å²) in [5.41, 5.74) is 0.140. The first-order chi connectivity index (χ1) is 13.1. The van der Waals surface area contributed by atoms with Crippen LogP contribution in [-0.4, -0.2) is 16.2 Å². The smallest absolute Gasteiger partial charge is 0.401 e. The molecule has 0 radical (unpaired) electrons. The van der Waals surface area contributed by atoms with Crippen molar-refractivity contribution in [2.24, 2.45) is 17.8 Å². The van der Waals surface area contributed by atoms with Crippen molar-refractivity contribution in [2.75, 3.05) is 0 Å². The van der Waals surface area contributed by atoms with Crippen molar-refractivity contribution >= 4 is 7.82 Å². The van der Waals surface area contributed by atoms with Crippen LogP contribution in [-0.2, 0) is 22.9 Å². The Bertz CT molecular complexity index is 697. The average molecular weight is 416 g/mol. The molecule has 28 heavy (non-hydrogen) atoms. The highest BCUT2D eigenvalue weighted by atomic mass is 31.2. The Morgan fingerprint density at radius 3 is 2.07 bits per heavy atom. The zero-order chi connectivity index (χ0) is 20.5. The van der Waals surface area contributed by atoms with E-state index in [1.54, 1.807) is 0 Å². The molecule has 2 N–H and O–H groups in total. The lowest BCUT2D eigenvalue weighted by Gasteiger charge is -2.31. The van der Waals surface area contributed by atoms with Gasteiger partial charge in [0.1, 0.15) is 0 Å². The highest BCUT2D eigenvalue weighted by Crippen LogP contribution is 2.70. The van der Waals surface area contributed by atoms with Crippen LogP contribution in [0.25, 0.3) is 0 Å². The standard InChI is InChI=1S/C20H33O7P/c1-5-13(2)8-6-9-14(3)10-7-11-15(4)12-16-17-18-19(24-20(16,21)22)27-28(23,25-17)26-18/h13-15,21-22H,5-12H2,1-4H3. The average Bonchev–Trinajstić information content (AvgIpc) is 3.11. The number of hydrogen-bond donors (Lipinski definition) is 2. The van der Waals surface area contributed by atoms with Crippen LogP contribution in [0.3, 0.4) is 0 Å². The van der Waals surface area contributed by atoms with Crippen LogP contribution in [0.15, 0.2) is 23.0 Å². The molecular formula is C20H33O7P. The lowest BCUT2D eigenvalue weighted by atomic mass is 9.89. The summed E-state index contributed by atoms with van der Waals surface area (Å²) in [5, 5.41) is 20.4. The lowest BCUT2D eigenvalue weighted by Crippen LogP contribution is -2.39. The summed E-state index contributed by atoms with van der Waals surface area (Å²) in [6.45, 7) is 8.91. The fraction of sp³-hybridized carbons (Fsp3) is 0.800. The van der Waals surface area contributed by atoms with Gasteiger partial charge in [-0.1, -0.05) is 72.6 Å². The van der Waals surface area contributed by atoms with E-state index in [1.165, 1.54) is 25.7 Å². The van der Waals surface area contributed by atoms with Crippen molar-refractivity contribution in [3.63, 3.8) is 0 Å². The highest BCUT2D eigenvalue weighted by molar-refractivity contribution is 7.49. The molecule has 0 spiro atoms. The molecule has 0 aliphatic carbocycles. The molecule has 3 rings (SSSR count). The number of aliphatic hydroxyl groups is 2. The van der Waals surface area contributed by atoms with Crippen LogP contribution < -0.4 is 0 Å². The summed E-state index contributed by atoms with van der Waals surface area (Å²) in [6, 6.07) is 0. The van der Waals surface area contributed by atoms with Crippen molar-refractivity contribution in [3.05, 3.63) is 23.0 Å². The molecule has 3 heterocycles. The van der Waals surface area contributed by atoms with Gasteiger partial charge < -0.3 is 28.5 Å². The van der Waals surface area contributed by atoms with E-state index in [4.69, 9.17) is 18.3 Å². The molecule has 4 atom stereocenters. The third kappa shape index (κ3) is 4.69. The number of ether oxygens (including phenoxy) is 1. The summed E-state index contributed by atoms with van der Waals surface area (Å²) < 4.78 is 32.3. The van der Waals surface area contributed by atoms with Crippen molar-refractivity contribution in [1.29, 1.82) is 0 Å². The van der Waals surface area contributed by atoms with Gasteiger partial charge >= 0.3 is 19.7 Å². The van der Waals surface area contributed by atoms with E-state index in [2.05, 4.69) is 20.8 Å². The van der Waals surface area contributed by atoms with Crippen LogP contribution in [0, 0.1) is 17.8 Å². The monoisotopic (exact) mass is 416 g/mol. The highest BCUT2D eigenvalue weighted by Gasteiger charge is 2.61. The molecule has 2 bridgehead atoms. The molecule has 3 aliphatic rings. The van der Waals surface area contributed by atoms with Crippen LogP contribution >= 0.6 is 7.82 Å².